The van der Waals surface area contributed by atoms with Crippen LogP contribution in [-0.2, 0) is 39.4 Å². The zero-order chi connectivity index (χ0) is 42.0. The predicted octanol–water partition coefficient (Wildman–Crippen LogP) is 2.81. The fourth-order valence-electron chi connectivity index (χ4n) is 8.80. The minimum Gasteiger partial charge on any atom is -1.00 e. The molecule has 0 spiro atoms. The Bertz CT molecular complexity index is 2400. The first-order valence-corrected chi connectivity index (χ1v) is 22.7. The van der Waals surface area contributed by atoms with Crippen LogP contribution in [0.15, 0.2) is 100 Å². The van der Waals surface area contributed by atoms with Gasteiger partial charge in [0.05, 0.1) is 41.8 Å². The van der Waals surface area contributed by atoms with Crippen LogP contribution in [0.5, 0.6) is 11.5 Å². The van der Waals surface area contributed by atoms with E-state index in [1.165, 1.54) is 39.9 Å². The number of morpholine rings is 1. The molecule has 2 bridgehead atoms. The Morgan fingerprint density at radius 3 is 2.30 bits per heavy atom. The average Bonchev–Trinajstić information content (AvgIpc) is 3.65. The smallest absolute Gasteiger partial charge is 0.349 e. The summed E-state index contributed by atoms with van der Waals surface area (Å²) in [5.41, 5.74) is 2.84. The number of nitrogens with zero attached hydrogens (tertiary/aromatic N) is 1. The third-order valence-electron chi connectivity index (χ3n) is 12.1. The number of nitrogens with one attached hydrogen (secondary N) is 3. The molecule has 6 aromatic rings. The largest absolute Gasteiger partial charge is 1.00 e. The number of piperidine rings is 1. The van der Waals surface area contributed by atoms with Crippen molar-refractivity contribution in [2.75, 3.05) is 34.3 Å². The van der Waals surface area contributed by atoms with Crippen LogP contribution in [0.25, 0.3) is 10.2 Å². The summed E-state index contributed by atoms with van der Waals surface area (Å²) >= 11 is 3.74. The van der Waals surface area contributed by atoms with Crippen molar-refractivity contribution in [2.45, 2.75) is 74.5 Å². The van der Waals surface area contributed by atoms with Crippen LogP contribution in [0.2, 0.25) is 0 Å². The number of aliphatic hydroxyl groups excluding tert-OH is 1. The number of para-hydroxylation sites is 1. The van der Waals surface area contributed by atoms with Crippen molar-refractivity contribution in [3.8, 4) is 11.5 Å². The number of benzene rings is 3. The number of carbonyl (C=O) groups excluding carboxylic acids is 1. The molecule has 1 unspecified atom stereocenters. The molecule has 16 heteroatoms. The second-order valence-corrected chi connectivity index (χ2v) is 19.0. The van der Waals surface area contributed by atoms with E-state index in [0.29, 0.717) is 62.9 Å². The number of aliphatic hydroxyl groups is 2. The molecule has 6 heterocycles. The Labute approximate surface area is 377 Å². The number of hydrogen-bond donors (Lipinski definition) is 6. The number of esters is 1. The van der Waals surface area contributed by atoms with Gasteiger partial charge in [-0.05, 0) is 59.1 Å². The van der Waals surface area contributed by atoms with Gasteiger partial charge in [0, 0.05) is 43.6 Å². The Morgan fingerprint density at radius 1 is 0.934 bits per heavy atom. The molecule has 0 amide bonds. The van der Waals surface area contributed by atoms with Crippen LogP contribution in [0.1, 0.15) is 51.0 Å². The number of ether oxygens (including phenoxy) is 3. The van der Waals surface area contributed by atoms with E-state index in [2.05, 4.69) is 60.0 Å². The molecule has 0 saturated carbocycles. The van der Waals surface area contributed by atoms with Crippen molar-refractivity contribution in [1.29, 1.82) is 0 Å². The number of aromatic hydroxyl groups is 1. The molecule has 3 saturated heterocycles. The van der Waals surface area contributed by atoms with Crippen molar-refractivity contribution in [1.82, 2.24) is 15.6 Å². The maximum absolute atomic E-state index is 13.1. The summed E-state index contributed by atoms with van der Waals surface area (Å²) in [6.07, 6.45) is 2.10. The number of thiazole rings is 1. The molecule has 3 aromatic carbocycles. The lowest BCUT2D eigenvalue weighted by atomic mass is 9.95. The number of carbonyl (C=O) groups is 1. The summed E-state index contributed by atoms with van der Waals surface area (Å²) in [5.74, 6) is 0.332. The highest BCUT2D eigenvalue weighted by Gasteiger charge is 2.71. The second kappa shape index (κ2) is 19.2. The predicted molar refractivity (Wildman–Crippen MR) is 235 cm³/mol. The third kappa shape index (κ3) is 9.54. The molecule has 0 aliphatic carbocycles. The van der Waals surface area contributed by atoms with Gasteiger partial charge < -0.3 is 66.6 Å². The topological polar surface area (TPSA) is 166 Å². The van der Waals surface area contributed by atoms with E-state index in [1.54, 1.807) is 25.3 Å². The molecule has 6 atom stereocenters. The lowest BCUT2D eigenvalue weighted by Gasteiger charge is -2.45. The highest BCUT2D eigenvalue weighted by Crippen LogP contribution is 2.52. The molecule has 61 heavy (non-hydrogen) atoms. The monoisotopic (exact) mass is 950 g/mol. The van der Waals surface area contributed by atoms with Gasteiger partial charge in [0.1, 0.15) is 47.4 Å². The molecule has 12 nitrogen and oxygen atoms in total. The van der Waals surface area contributed by atoms with Gasteiger partial charge in [0.15, 0.2) is 0 Å². The molecule has 9 rings (SSSR count). The van der Waals surface area contributed by atoms with Gasteiger partial charge in [0.25, 0.3) is 0 Å². The number of quaternary nitrogens is 1. The Balaban J connectivity index is 0.000000187. The Morgan fingerprint density at radius 2 is 1.62 bits per heavy atom. The molecule has 3 fully saturated rings. The van der Waals surface area contributed by atoms with Gasteiger partial charge >= 0.3 is 10.8 Å². The SMILES string of the molecule is COc1ccccc1CNCc1cccc(CCNC[C@H](O)c2ccc(O)c3[nH]c(=O)sc23)c1.C[N+]1(C)[C@@H]2CC(OC(=O)C(O)(c3cccs3)c3cccs3)C[C@H]1[C@@H]1O[C@@H]12.[Br-]. The molecule has 3 aliphatic rings. The fraction of sp³-hybridized carbons (Fsp3) is 0.378. The van der Waals surface area contributed by atoms with Crippen LogP contribution >= 0.6 is 34.0 Å². The van der Waals surface area contributed by atoms with Gasteiger partial charge in [-0.1, -0.05) is 72.0 Å². The highest BCUT2D eigenvalue weighted by atomic mass is 79.9. The quantitative estimate of drug-likeness (QED) is 0.0391. The van der Waals surface area contributed by atoms with E-state index in [9.17, 15) is 24.9 Å². The van der Waals surface area contributed by atoms with Gasteiger partial charge in [-0.2, -0.15) is 0 Å². The third-order valence-corrected chi connectivity index (χ3v) is 15.0. The first-order chi connectivity index (χ1) is 29.0. The van der Waals surface area contributed by atoms with Crippen LogP contribution in [0.3, 0.4) is 0 Å². The van der Waals surface area contributed by atoms with E-state index >= 15 is 0 Å². The minimum atomic E-state index is -1.72. The molecule has 3 aromatic heterocycles. The zero-order valence-corrected chi connectivity index (χ0v) is 38.1. The number of hydrogen-bond acceptors (Lipinski definition) is 13. The molecule has 324 valence electrons. The maximum Gasteiger partial charge on any atom is 0.349 e. The normalized spacial score (nSPS) is 21.4. The van der Waals surface area contributed by atoms with Crippen molar-refractivity contribution < 1.29 is 55.8 Å². The summed E-state index contributed by atoms with van der Waals surface area (Å²) < 4.78 is 18.6. The average molecular weight is 952 g/mol. The van der Waals surface area contributed by atoms with E-state index in [1.807, 2.05) is 41.1 Å². The number of aromatic amines is 1. The number of epoxide rings is 1. The lowest BCUT2D eigenvalue weighted by molar-refractivity contribution is -0.938. The Kier molecular flexibility index (Phi) is 14.2. The number of phenols is 1. The van der Waals surface area contributed by atoms with Crippen LogP contribution < -0.4 is 37.2 Å². The van der Waals surface area contributed by atoms with E-state index in [4.69, 9.17) is 14.2 Å². The van der Waals surface area contributed by atoms with Crippen LogP contribution in [0, 0.1) is 0 Å². The van der Waals surface area contributed by atoms with Crippen molar-refractivity contribution in [3.05, 3.63) is 137 Å². The number of thiophene rings is 2. The van der Waals surface area contributed by atoms with E-state index in [-0.39, 0.29) is 33.7 Å². The van der Waals surface area contributed by atoms with E-state index in [0.717, 1.165) is 59.5 Å². The number of likely N-dealkylation sites (N-methyl/N-ethyl adjacent to an activating group) is 1. The first-order valence-electron chi connectivity index (χ1n) is 20.1. The number of rotatable bonds is 15. The fourth-order valence-corrected chi connectivity index (χ4v) is 11.4. The van der Waals surface area contributed by atoms with Crippen LogP contribution in [0.4, 0.5) is 0 Å². The first kappa shape index (κ1) is 45.1. The zero-order valence-electron chi connectivity index (χ0n) is 34.1. The van der Waals surface area contributed by atoms with Gasteiger partial charge in [-0.25, -0.2) is 4.79 Å². The molecule has 0 radical (unpaired) electrons. The standard InChI is InChI=1S/C26H29N3O4S.C19H22NO4S2.BrH/c1-33-23-8-3-2-7-19(23)15-28-14-18-6-4-5-17(13-18)11-12-27-16-22(31)20-9-10-21(30)24-25(20)34-26(32)29-24;1-20(2)12-9-11(10-13(20)17-16(12)24-17)23-18(21)19(22,14-5-3-7-25-14)15-6-4-8-26-15;/h2-10,13,22,27-28,30-31H,11-12,14-16H2,1H3,(H,29,32);3-8,11-13,16-17,22H,9-10H2,1-2H3;1H/q;+1;/p-1/t22-;11?,12-,13+,16-,17+;/m0../s1. The summed E-state index contributed by atoms with van der Waals surface area (Å²) in [7, 11) is 6.18. The highest BCUT2D eigenvalue weighted by molar-refractivity contribution is 7.16. The summed E-state index contributed by atoms with van der Waals surface area (Å²) in [6, 6.07) is 27.6. The number of halogens is 1. The van der Waals surface area contributed by atoms with Crippen molar-refractivity contribution >= 4 is 50.2 Å². The molecular weight excluding hydrogens is 901 g/mol. The number of aromatic nitrogens is 1. The minimum absolute atomic E-state index is 0. The van der Waals surface area contributed by atoms with Gasteiger partial charge in [0.2, 0.25) is 5.60 Å². The number of fused-ring (bicyclic) bond motifs is 6. The van der Waals surface area contributed by atoms with Gasteiger partial charge in [-0.15, -0.1) is 22.7 Å². The number of methoxy groups -OCH3 is 1. The van der Waals surface area contributed by atoms with Crippen molar-refractivity contribution in [3.63, 3.8) is 0 Å². The maximum atomic E-state index is 13.1. The van der Waals surface area contributed by atoms with Crippen molar-refractivity contribution in [2.24, 2.45) is 0 Å². The lowest BCUT2D eigenvalue weighted by Crippen LogP contribution is -3.00. The van der Waals surface area contributed by atoms with E-state index < -0.39 is 17.7 Å². The number of phenolic OH excluding ortho intramolecular Hbond substituents is 1. The van der Waals surface area contributed by atoms with Gasteiger partial charge in [-0.3, -0.25) is 4.79 Å². The molecule has 6 N–H and O–H groups in total. The second-order valence-electron chi connectivity index (χ2n) is 16.1. The molecule has 3 aliphatic heterocycles. The van der Waals surface area contributed by atoms with Crippen LogP contribution in [-0.4, -0.2) is 95.4 Å². The molecular formula is C45H51BrN4O8S3. The Hall–Kier alpha value is -3.94. The number of H-pyrrole nitrogens is 1. The summed E-state index contributed by atoms with van der Waals surface area (Å²) in [5, 5.41) is 42.4. The summed E-state index contributed by atoms with van der Waals surface area (Å²) in [6.45, 7) is 2.55. The summed E-state index contributed by atoms with van der Waals surface area (Å²) in [4.78, 5) is 28.4.